The molecule has 3 aromatic rings. The molecule has 0 amide bonds. The fourth-order valence-electron chi connectivity index (χ4n) is 2.87. The first kappa shape index (κ1) is 19.3. The summed E-state index contributed by atoms with van der Waals surface area (Å²) in [5.41, 5.74) is -5.52. The quantitative estimate of drug-likeness (QED) is 0.370. The number of benzene rings is 3. The van der Waals surface area contributed by atoms with Crippen molar-refractivity contribution in [2.24, 2.45) is 0 Å². The molecule has 3 nitrogen and oxygen atoms in total. The average Bonchev–Trinajstić information content (AvgIpc) is 2.67. The van der Waals surface area contributed by atoms with Crippen LogP contribution in [0.4, 0.5) is 13.2 Å². The second-order valence-corrected chi connectivity index (χ2v) is 10.9. The first-order valence-corrected chi connectivity index (χ1v) is 11.3. The molecule has 3 aromatic carbocycles. The van der Waals surface area contributed by atoms with E-state index in [1.807, 2.05) is 0 Å². The minimum absolute atomic E-state index is 0.398. The third-order valence-electron chi connectivity index (χ3n) is 4.06. The second-order valence-electron chi connectivity index (χ2n) is 5.76. The van der Waals surface area contributed by atoms with Crippen molar-refractivity contribution in [2.45, 2.75) is 5.51 Å². The predicted molar refractivity (Wildman–Crippen MR) is 100 cm³/mol. The molecule has 0 N–H and O–H groups in total. The number of halogens is 3. The van der Waals surface area contributed by atoms with Gasteiger partial charge in [-0.05, 0) is 15.6 Å². The van der Waals surface area contributed by atoms with Crippen LogP contribution in [0.1, 0.15) is 0 Å². The SMILES string of the molecule is O=S(=O)(O[Si](c1ccccc1)(c1ccccc1)c1ccccc1)C(F)(F)F. The number of rotatable bonds is 5. The molecule has 0 unspecified atom stereocenters. The molecule has 0 aliphatic rings. The summed E-state index contributed by atoms with van der Waals surface area (Å²) in [5.74, 6) is 0. The topological polar surface area (TPSA) is 43.4 Å². The molecule has 0 aliphatic heterocycles. The van der Waals surface area contributed by atoms with Crippen LogP contribution in [0.2, 0.25) is 0 Å². The first-order valence-electron chi connectivity index (χ1n) is 7.96. The van der Waals surface area contributed by atoms with Gasteiger partial charge in [0.15, 0.2) is 0 Å². The van der Waals surface area contributed by atoms with Crippen molar-refractivity contribution in [3.8, 4) is 0 Å². The van der Waals surface area contributed by atoms with E-state index in [9.17, 15) is 21.6 Å². The molecular formula is C19H15F3O3SSi. The van der Waals surface area contributed by atoms with E-state index in [1.165, 1.54) is 0 Å². The summed E-state index contributed by atoms with van der Waals surface area (Å²) in [6.07, 6.45) is 0. The van der Waals surface area contributed by atoms with Gasteiger partial charge in [-0.2, -0.15) is 21.6 Å². The third-order valence-corrected chi connectivity index (χ3v) is 9.94. The lowest BCUT2D eigenvalue weighted by Gasteiger charge is -2.32. The molecule has 0 saturated carbocycles. The Hall–Kier alpha value is -2.42. The lowest BCUT2D eigenvalue weighted by Crippen LogP contribution is -2.70. The van der Waals surface area contributed by atoms with Gasteiger partial charge < -0.3 is 0 Å². The minimum Gasteiger partial charge on any atom is -0.291 e. The second kappa shape index (κ2) is 7.30. The molecule has 0 heterocycles. The summed E-state index contributed by atoms with van der Waals surface area (Å²) < 4.78 is 68.9. The Morgan fingerprint density at radius 2 is 0.926 bits per heavy atom. The highest BCUT2D eigenvalue weighted by atomic mass is 32.2. The zero-order valence-electron chi connectivity index (χ0n) is 13.9. The van der Waals surface area contributed by atoms with Gasteiger partial charge in [-0.1, -0.05) is 91.0 Å². The lowest BCUT2D eigenvalue weighted by molar-refractivity contribution is -0.0501. The maximum Gasteiger partial charge on any atom is 0.522 e. The van der Waals surface area contributed by atoms with Gasteiger partial charge >= 0.3 is 23.9 Å². The normalized spacial score (nSPS) is 12.7. The Morgan fingerprint density at radius 1 is 0.630 bits per heavy atom. The van der Waals surface area contributed by atoms with Gasteiger partial charge in [0.2, 0.25) is 0 Å². The van der Waals surface area contributed by atoms with Crippen molar-refractivity contribution in [3.05, 3.63) is 91.0 Å². The summed E-state index contributed by atoms with van der Waals surface area (Å²) in [7, 11) is -9.82. The molecule has 0 radical (unpaired) electrons. The van der Waals surface area contributed by atoms with E-state index in [0.717, 1.165) is 0 Å². The Balaban J connectivity index is 2.37. The standard InChI is InChI=1S/C19H15F3O3SSi/c20-19(21,22)26(23,24)25-27(16-10-4-1-5-11-16,17-12-6-2-7-13-17)18-14-8-3-9-15-18/h1-15H. The summed E-state index contributed by atoms with van der Waals surface area (Å²) in [4.78, 5) is 0. The van der Waals surface area contributed by atoms with E-state index < -0.39 is 23.9 Å². The largest absolute Gasteiger partial charge is 0.522 e. The highest BCUT2D eigenvalue weighted by Crippen LogP contribution is 2.27. The Kier molecular flexibility index (Phi) is 5.23. The van der Waals surface area contributed by atoms with Gasteiger partial charge in [-0.25, -0.2) is 0 Å². The molecular weight excluding hydrogens is 393 g/mol. The van der Waals surface area contributed by atoms with Gasteiger partial charge in [0, 0.05) is 0 Å². The maximum atomic E-state index is 13.2. The van der Waals surface area contributed by atoms with Crippen molar-refractivity contribution >= 4 is 34.0 Å². The van der Waals surface area contributed by atoms with E-state index in [1.54, 1.807) is 91.0 Å². The molecule has 140 valence electrons. The van der Waals surface area contributed by atoms with Gasteiger partial charge in [0.25, 0.3) is 0 Å². The summed E-state index contributed by atoms with van der Waals surface area (Å²) in [6, 6.07) is 24.6. The summed E-state index contributed by atoms with van der Waals surface area (Å²) in [5, 5.41) is 1.20. The van der Waals surface area contributed by atoms with Gasteiger partial charge in [-0.3, -0.25) is 3.87 Å². The molecule has 0 atom stereocenters. The highest BCUT2D eigenvalue weighted by molar-refractivity contribution is 7.89. The predicted octanol–water partition coefficient (Wildman–Crippen LogP) is 2.52. The van der Waals surface area contributed by atoms with Crippen LogP contribution in [0.3, 0.4) is 0 Å². The molecule has 0 aliphatic carbocycles. The van der Waals surface area contributed by atoms with E-state index in [0.29, 0.717) is 15.6 Å². The number of alkyl halides is 3. The van der Waals surface area contributed by atoms with Crippen LogP contribution in [-0.4, -0.2) is 22.2 Å². The summed E-state index contributed by atoms with van der Waals surface area (Å²) >= 11 is 0. The van der Waals surface area contributed by atoms with Gasteiger partial charge in [0.05, 0.1) is 0 Å². The molecule has 8 heteroatoms. The molecule has 0 spiro atoms. The fraction of sp³-hybridized carbons (Fsp3) is 0.0526. The number of hydrogen-bond acceptors (Lipinski definition) is 3. The van der Waals surface area contributed by atoms with Gasteiger partial charge in [0.1, 0.15) is 0 Å². The molecule has 0 saturated heterocycles. The van der Waals surface area contributed by atoms with Crippen LogP contribution >= 0.6 is 0 Å². The van der Waals surface area contributed by atoms with Crippen LogP contribution in [0.25, 0.3) is 0 Å². The van der Waals surface area contributed by atoms with Crippen LogP contribution in [0.15, 0.2) is 91.0 Å². The molecule has 3 rings (SSSR count). The first-order chi connectivity index (χ1) is 12.8. The lowest BCUT2D eigenvalue weighted by atomic mass is 10.3. The third kappa shape index (κ3) is 3.69. The van der Waals surface area contributed by atoms with Crippen molar-refractivity contribution in [3.63, 3.8) is 0 Å². The fourth-order valence-corrected chi connectivity index (χ4v) is 8.71. The molecule has 27 heavy (non-hydrogen) atoms. The monoisotopic (exact) mass is 408 g/mol. The van der Waals surface area contributed by atoms with Crippen LogP contribution in [0, 0.1) is 0 Å². The van der Waals surface area contributed by atoms with Crippen molar-refractivity contribution in [1.82, 2.24) is 0 Å². The Bertz CT molecular complexity index is 896. The van der Waals surface area contributed by atoms with Crippen LogP contribution in [-0.2, 0) is 14.0 Å². The van der Waals surface area contributed by atoms with Crippen molar-refractivity contribution in [1.29, 1.82) is 0 Å². The zero-order chi connectivity index (χ0) is 19.5. The minimum atomic E-state index is -5.84. The van der Waals surface area contributed by atoms with Crippen LogP contribution in [0.5, 0.6) is 0 Å². The van der Waals surface area contributed by atoms with Crippen LogP contribution < -0.4 is 15.6 Å². The zero-order valence-corrected chi connectivity index (χ0v) is 15.7. The number of hydrogen-bond donors (Lipinski definition) is 0. The molecule has 0 bridgehead atoms. The molecule has 0 fully saturated rings. The highest BCUT2D eigenvalue weighted by Gasteiger charge is 2.55. The van der Waals surface area contributed by atoms with E-state index in [2.05, 4.69) is 0 Å². The Labute approximate surface area is 156 Å². The Morgan fingerprint density at radius 3 is 1.19 bits per heavy atom. The average molecular weight is 408 g/mol. The van der Waals surface area contributed by atoms with Crippen molar-refractivity contribution in [2.75, 3.05) is 0 Å². The van der Waals surface area contributed by atoms with Crippen molar-refractivity contribution < 1.29 is 25.5 Å². The smallest absolute Gasteiger partial charge is 0.291 e. The van der Waals surface area contributed by atoms with E-state index in [-0.39, 0.29) is 0 Å². The van der Waals surface area contributed by atoms with E-state index >= 15 is 0 Å². The maximum absolute atomic E-state index is 13.2. The van der Waals surface area contributed by atoms with E-state index in [4.69, 9.17) is 3.87 Å². The van der Waals surface area contributed by atoms with Gasteiger partial charge in [-0.15, -0.1) is 0 Å². The summed E-state index contributed by atoms with van der Waals surface area (Å²) in [6.45, 7) is 0. The molecule has 0 aromatic heterocycles.